The topological polar surface area (TPSA) is 63.3 Å². The molecule has 1 N–H and O–H groups in total. The second-order valence-electron chi connectivity index (χ2n) is 3.98. The van der Waals surface area contributed by atoms with Crippen LogP contribution in [0.25, 0.3) is 11.3 Å². The SMILES string of the molecule is Cc1cc(-c2cnc(CCC(=O)O)o2)ccc1F. The molecule has 0 saturated carbocycles. The molecular formula is C13H12FNO3. The summed E-state index contributed by atoms with van der Waals surface area (Å²) in [5.74, 6) is -0.287. The summed E-state index contributed by atoms with van der Waals surface area (Å²) in [5.41, 5.74) is 1.25. The van der Waals surface area contributed by atoms with E-state index >= 15 is 0 Å². The van der Waals surface area contributed by atoms with Gasteiger partial charge in [-0.05, 0) is 30.7 Å². The number of aliphatic carboxylic acids is 1. The molecule has 0 fully saturated rings. The molecule has 0 atom stereocenters. The van der Waals surface area contributed by atoms with E-state index < -0.39 is 5.97 Å². The van der Waals surface area contributed by atoms with Crippen molar-refractivity contribution in [1.29, 1.82) is 0 Å². The average Bonchev–Trinajstić information content (AvgIpc) is 2.79. The molecule has 1 aromatic heterocycles. The molecule has 2 rings (SSSR count). The van der Waals surface area contributed by atoms with Gasteiger partial charge in [-0.15, -0.1) is 0 Å². The third kappa shape index (κ3) is 2.74. The predicted molar refractivity (Wildman–Crippen MR) is 62.6 cm³/mol. The minimum atomic E-state index is -0.896. The summed E-state index contributed by atoms with van der Waals surface area (Å²) in [6.07, 6.45) is 1.74. The van der Waals surface area contributed by atoms with E-state index in [1.54, 1.807) is 19.1 Å². The predicted octanol–water partition coefficient (Wildman–Crippen LogP) is 2.81. The number of nitrogens with zero attached hydrogens (tertiary/aromatic N) is 1. The summed E-state index contributed by atoms with van der Waals surface area (Å²) in [4.78, 5) is 14.4. The van der Waals surface area contributed by atoms with Crippen molar-refractivity contribution in [2.75, 3.05) is 0 Å². The van der Waals surface area contributed by atoms with Crippen LogP contribution < -0.4 is 0 Å². The highest BCUT2D eigenvalue weighted by Gasteiger charge is 2.09. The molecule has 1 heterocycles. The van der Waals surface area contributed by atoms with Crippen LogP contribution in [0.5, 0.6) is 0 Å². The Morgan fingerprint density at radius 3 is 2.94 bits per heavy atom. The van der Waals surface area contributed by atoms with E-state index in [0.717, 1.165) is 5.56 Å². The van der Waals surface area contributed by atoms with Crippen molar-refractivity contribution in [1.82, 2.24) is 4.98 Å². The molecule has 0 unspecified atom stereocenters. The molecule has 0 aliphatic heterocycles. The van der Waals surface area contributed by atoms with Gasteiger partial charge in [-0.1, -0.05) is 0 Å². The highest BCUT2D eigenvalue weighted by atomic mass is 19.1. The number of aryl methyl sites for hydroxylation is 2. The maximum atomic E-state index is 13.1. The molecule has 2 aromatic rings. The van der Waals surface area contributed by atoms with Crippen molar-refractivity contribution in [3.05, 3.63) is 41.7 Å². The number of carboxylic acid groups (broad SMARTS) is 1. The van der Waals surface area contributed by atoms with Crippen molar-refractivity contribution in [3.8, 4) is 11.3 Å². The highest BCUT2D eigenvalue weighted by molar-refractivity contribution is 5.66. The van der Waals surface area contributed by atoms with Gasteiger partial charge in [0.1, 0.15) is 5.82 Å². The lowest BCUT2D eigenvalue weighted by Crippen LogP contribution is -1.97. The molecule has 0 radical (unpaired) electrons. The van der Waals surface area contributed by atoms with Gasteiger partial charge in [0, 0.05) is 12.0 Å². The van der Waals surface area contributed by atoms with E-state index in [-0.39, 0.29) is 18.7 Å². The van der Waals surface area contributed by atoms with E-state index in [1.165, 1.54) is 12.3 Å². The van der Waals surface area contributed by atoms with Crippen molar-refractivity contribution in [3.63, 3.8) is 0 Å². The van der Waals surface area contributed by atoms with Crippen LogP contribution in [0.1, 0.15) is 17.9 Å². The van der Waals surface area contributed by atoms with Crippen LogP contribution in [0.15, 0.2) is 28.8 Å². The minimum absolute atomic E-state index is 0.0254. The maximum absolute atomic E-state index is 13.1. The average molecular weight is 249 g/mol. The number of halogens is 1. The zero-order valence-electron chi connectivity index (χ0n) is 9.81. The zero-order chi connectivity index (χ0) is 13.1. The number of carbonyl (C=O) groups is 1. The first kappa shape index (κ1) is 12.3. The Bertz CT molecular complexity index is 577. The number of rotatable bonds is 4. The summed E-state index contributed by atoms with van der Waals surface area (Å²) in [7, 11) is 0. The molecular weight excluding hydrogens is 237 g/mol. The second kappa shape index (κ2) is 5.00. The van der Waals surface area contributed by atoms with Gasteiger partial charge in [0.05, 0.1) is 12.6 Å². The number of carboxylic acids is 1. The molecule has 94 valence electrons. The Labute approximate surface area is 103 Å². The van der Waals surface area contributed by atoms with Gasteiger partial charge in [-0.2, -0.15) is 0 Å². The summed E-state index contributed by atoms with van der Waals surface area (Å²) in [6, 6.07) is 4.63. The van der Waals surface area contributed by atoms with Crippen molar-refractivity contribution >= 4 is 5.97 Å². The molecule has 4 nitrogen and oxygen atoms in total. The zero-order valence-corrected chi connectivity index (χ0v) is 9.81. The third-order valence-electron chi connectivity index (χ3n) is 2.55. The molecule has 0 aliphatic carbocycles. The van der Waals surface area contributed by atoms with Crippen molar-refractivity contribution in [2.45, 2.75) is 19.8 Å². The van der Waals surface area contributed by atoms with Gasteiger partial charge in [-0.25, -0.2) is 9.37 Å². The monoisotopic (exact) mass is 249 g/mol. The summed E-state index contributed by atoms with van der Waals surface area (Å²) in [6.45, 7) is 1.67. The van der Waals surface area contributed by atoms with Gasteiger partial charge in [0.15, 0.2) is 11.7 Å². The van der Waals surface area contributed by atoms with E-state index in [2.05, 4.69) is 4.98 Å². The van der Waals surface area contributed by atoms with Crippen LogP contribution in [0.3, 0.4) is 0 Å². The molecule has 0 amide bonds. The fraction of sp³-hybridized carbons (Fsp3) is 0.231. The largest absolute Gasteiger partial charge is 0.481 e. The third-order valence-corrected chi connectivity index (χ3v) is 2.55. The second-order valence-corrected chi connectivity index (χ2v) is 3.98. The van der Waals surface area contributed by atoms with Crippen molar-refractivity contribution < 1.29 is 18.7 Å². The Hall–Kier alpha value is -2.17. The van der Waals surface area contributed by atoms with Crippen molar-refractivity contribution in [2.24, 2.45) is 0 Å². The number of hydrogen-bond donors (Lipinski definition) is 1. The van der Waals surface area contributed by atoms with Crippen LogP contribution in [0.4, 0.5) is 4.39 Å². The van der Waals surface area contributed by atoms with Crippen LogP contribution in [-0.4, -0.2) is 16.1 Å². The Kier molecular flexibility index (Phi) is 3.41. The van der Waals surface area contributed by atoms with E-state index in [4.69, 9.17) is 9.52 Å². The number of benzene rings is 1. The Morgan fingerprint density at radius 2 is 2.28 bits per heavy atom. The van der Waals surface area contributed by atoms with E-state index in [9.17, 15) is 9.18 Å². The number of aromatic nitrogens is 1. The quantitative estimate of drug-likeness (QED) is 0.904. The first-order valence-electron chi connectivity index (χ1n) is 5.49. The van der Waals surface area contributed by atoms with Gasteiger partial charge in [-0.3, -0.25) is 4.79 Å². The van der Waals surface area contributed by atoms with Crippen LogP contribution in [-0.2, 0) is 11.2 Å². The van der Waals surface area contributed by atoms with Gasteiger partial charge in [0.25, 0.3) is 0 Å². The number of hydrogen-bond acceptors (Lipinski definition) is 3. The molecule has 0 spiro atoms. The number of oxazole rings is 1. The van der Waals surface area contributed by atoms with Gasteiger partial charge in [0.2, 0.25) is 0 Å². The molecule has 0 bridgehead atoms. The maximum Gasteiger partial charge on any atom is 0.303 e. The van der Waals surface area contributed by atoms with E-state index in [1.807, 2.05) is 0 Å². The fourth-order valence-corrected chi connectivity index (χ4v) is 1.57. The van der Waals surface area contributed by atoms with Gasteiger partial charge < -0.3 is 9.52 Å². The lowest BCUT2D eigenvalue weighted by Gasteiger charge is -1.99. The lowest BCUT2D eigenvalue weighted by molar-refractivity contribution is -0.137. The first-order chi connectivity index (χ1) is 8.56. The summed E-state index contributed by atoms with van der Waals surface area (Å²) >= 11 is 0. The molecule has 0 saturated heterocycles. The fourth-order valence-electron chi connectivity index (χ4n) is 1.57. The molecule has 5 heteroatoms. The summed E-state index contributed by atoms with van der Waals surface area (Å²) < 4.78 is 18.5. The molecule has 18 heavy (non-hydrogen) atoms. The van der Waals surface area contributed by atoms with Crippen LogP contribution in [0.2, 0.25) is 0 Å². The van der Waals surface area contributed by atoms with E-state index in [0.29, 0.717) is 17.2 Å². The first-order valence-corrected chi connectivity index (χ1v) is 5.49. The van der Waals surface area contributed by atoms with Gasteiger partial charge >= 0.3 is 5.97 Å². The summed E-state index contributed by atoms with van der Waals surface area (Å²) in [5, 5.41) is 8.55. The van der Waals surface area contributed by atoms with Crippen LogP contribution in [0, 0.1) is 12.7 Å². The molecule has 1 aromatic carbocycles. The highest BCUT2D eigenvalue weighted by Crippen LogP contribution is 2.23. The standard InChI is InChI=1S/C13H12FNO3/c1-8-6-9(2-3-10(8)14)11-7-15-12(18-11)4-5-13(16)17/h2-3,6-7H,4-5H2,1H3,(H,16,17). The minimum Gasteiger partial charge on any atom is -0.481 e. The Balaban J connectivity index is 2.18. The normalized spacial score (nSPS) is 10.6. The molecule has 0 aliphatic rings. The lowest BCUT2D eigenvalue weighted by atomic mass is 10.1. The van der Waals surface area contributed by atoms with Crippen LogP contribution >= 0.6 is 0 Å². The Morgan fingerprint density at radius 1 is 1.50 bits per heavy atom. The smallest absolute Gasteiger partial charge is 0.303 e.